The molecule has 1 atom stereocenters. The number of methoxy groups -OCH3 is 1. The Hall–Kier alpha value is -0.550. The van der Waals surface area contributed by atoms with E-state index in [2.05, 4.69) is 35.8 Å². The van der Waals surface area contributed by atoms with E-state index in [1.54, 1.807) is 18.9 Å². The lowest BCUT2D eigenvalue weighted by molar-refractivity contribution is 0.196. The molecule has 0 aromatic heterocycles. The van der Waals surface area contributed by atoms with E-state index in [0.717, 1.165) is 6.54 Å². The minimum atomic E-state index is 0.214. The van der Waals surface area contributed by atoms with Crippen molar-refractivity contribution in [1.82, 2.24) is 5.32 Å². The molecule has 16 heavy (non-hydrogen) atoms. The first-order chi connectivity index (χ1) is 7.81. The normalized spacial score (nSPS) is 12.7. The molecule has 0 saturated heterocycles. The average molecular weight is 240 g/mol. The molecule has 0 spiro atoms. The lowest BCUT2D eigenvalue weighted by atomic mass is 10.1. The lowest BCUT2D eigenvalue weighted by Crippen LogP contribution is -2.30. The number of hydrogen-bond donors (Lipinski definition) is 2. The molecule has 0 heterocycles. The van der Waals surface area contributed by atoms with E-state index in [1.165, 1.54) is 10.5 Å². The summed E-state index contributed by atoms with van der Waals surface area (Å²) in [7, 11) is 1.70. The van der Waals surface area contributed by atoms with Crippen LogP contribution >= 0.6 is 11.8 Å². The Morgan fingerprint density at radius 2 is 2.06 bits per heavy atom. The summed E-state index contributed by atoms with van der Waals surface area (Å²) in [4.78, 5) is 1.27. The van der Waals surface area contributed by atoms with Crippen LogP contribution in [0.15, 0.2) is 29.2 Å². The van der Waals surface area contributed by atoms with Crippen LogP contribution in [0.1, 0.15) is 11.6 Å². The van der Waals surface area contributed by atoms with Crippen LogP contribution in [0, 0.1) is 0 Å². The van der Waals surface area contributed by atoms with Crippen molar-refractivity contribution in [3.05, 3.63) is 29.8 Å². The molecular formula is C12H20N2OS. The van der Waals surface area contributed by atoms with Gasteiger partial charge in [-0.15, -0.1) is 11.8 Å². The molecule has 1 unspecified atom stereocenters. The first kappa shape index (κ1) is 13.5. The van der Waals surface area contributed by atoms with Crippen molar-refractivity contribution in [2.75, 3.05) is 33.1 Å². The van der Waals surface area contributed by atoms with Crippen molar-refractivity contribution in [3.63, 3.8) is 0 Å². The first-order valence-electron chi connectivity index (χ1n) is 5.38. The van der Waals surface area contributed by atoms with Crippen molar-refractivity contribution in [1.29, 1.82) is 0 Å². The van der Waals surface area contributed by atoms with E-state index in [4.69, 9.17) is 10.5 Å². The topological polar surface area (TPSA) is 47.3 Å². The fraction of sp³-hybridized carbons (Fsp3) is 0.500. The molecular weight excluding hydrogens is 220 g/mol. The number of nitrogens with two attached hydrogens (primary N) is 1. The van der Waals surface area contributed by atoms with Crippen LogP contribution in [0.5, 0.6) is 0 Å². The van der Waals surface area contributed by atoms with Crippen molar-refractivity contribution in [2.45, 2.75) is 10.9 Å². The van der Waals surface area contributed by atoms with Crippen LogP contribution in [-0.2, 0) is 4.74 Å². The molecule has 0 bridgehead atoms. The fourth-order valence-electron chi connectivity index (χ4n) is 1.51. The third-order valence-electron chi connectivity index (χ3n) is 2.45. The summed E-state index contributed by atoms with van der Waals surface area (Å²) in [5.74, 6) is 0. The van der Waals surface area contributed by atoms with Gasteiger partial charge in [0.2, 0.25) is 0 Å². The number of hydrogen-bond acceptors (Lipinski definition) is 4. The summed E-state index contributed by atoms with van der Waals surface area (Å²) in [6.45, 7) is 2.13. The summed E-state index contributed by atoms with van der Waals surface area (Å²) in [6.07, 6.45) is 2.08. The highest BCUT2D eigenvalue weighted by molar-refractivity contribution is 7.98. The van der Waals surface area contributed by atoms with Gasteiger partial charge < -0.3 is 15.8 Å². The summed E-state index contributed by atoms with van der Waals surface area (Å²) in [6, 6.07) is 8.72. The standard InChI is InChI=1S/C12H20N2OS/c1-15-8-7-14-12(9-13)10-3-5-11(16-2)6-4-10/h3-6,12,14H,7-9,13H2,1-2H3. The second-order valence-electron chi connectivity index (χ2n) is 3.51. The number of nitrogens with one attached hydrogen (secondary N) is 1. The Balaban J connectivity index is 2.56. The Bertz CT molecular complexity index is 290. The predicted molar refractivity (Wildman–Crippen MR) is 69.9 cm³/mol. The van der Waals surface area contributed by atoms with E-state index >= 15 is 0 Å². The Morgan fingerprint density at radius 3 is 2.56 bits per heavy atom. The molecule has 4 heteroatoms. The van der Waals surface area contributed by atoms with Gasteiger partial charge in [-0.3, -0.25) is 0 Å². The molecule has 90 valence electrons. The van der Waals surface area contributed by atoms with Crippen LogP contribution in [0.25, 0.3) is 0 Å². The molecule has 3 N–H and O–H groups in total. The van der Waals surface area contributed by atoms with Gasteiger partial charge in [-0.05, 0) is 24.0 Å². The highest BCUT2D eigenvalue weighted by atomic mass is 32.2. The van der Waals surface area contributed by atoms with Crippen LogP contribution in [0.2, 0.25) is 0 Å². The number of rotatable bonds is 7. The molecule has 0 saturated carbocycles. The molecule has 1 rings (SSSR count). The van der Waals surface area contributed by atoms with E-state index in [1.807, 2.05) is 0 Å². The first-order valence-corrected chi connectivity index (χ1v) is 6.60. The zero-order valence-corrected chi connectivity index (χ0v) is 10.7. The Morgan fingerprint density at radius 1 is 1.38 bits per heavy atom. The van der Waals surface area contributed by atoms with Gasteiger partial charge in [0.1, 0.15) is 0 Å². The lowest BCUT2D eigenvalue weighted by Gasteiger charge is -2.17. The number of thioether (sulfide) groups is 1. The molecule has 0 fully saturated rings. The molecule has 1 aromatic carbocycles. The molecule has 3 nitrogen and oxygen atoms in total. The van der Waals surface area contributed by atoms with Gasteiger partial charge >= 0.3 is 0 Å². The van der Waals surface area contributed by atoms with Crippen LogP contribution < -0.4 is 11.1 Å². The zero-order valence-electron chi connectivity index (χ0n) is 9.90. The molecule has 0 aliphatic carbocycles. The summed E-state index contributed by atoms with van der Waals surface area (Å²) in [5, 5.41) is 3.37. The second kappa shape index (κ2) is 7.68. The van der Waals surface area contributed by atoms with E-state index in [0.29, 0.717) is 13.2 Å². The summed E-state index contributed by atoms with van der Waals surface area (Å²) in [5.41, 5.74) is 6.98. The van der Waals surface area contributed by atoms with Gasteiger partial charge in [0.15, 0.2) is 0 Å². The van der Waals surface area contributed by atoms with Gasteiger partial charge in [-0.25, -0.2) is 0 Å². The van der Waals surface area contributed by atoms with E-state index in [9.17, 15) is 0 Å². The zero-order chi connectivity index (χ0) is 11.8. The third kappa shape index (κ3) is 4.14. The largest absolute Gasteiger partial charge is 0.383 e. The maximum absolute atomic E-state index is 5.75. The fourth-order valence-corrected chi connectivity index (χ4v) is 1.92. The van der Waals surface area contributed by atoms with Gasteiger partial charge in [0.25, 0.3) is 0 Å². The van der Waals surface area contributed by atoms with E-state index in [-0.39, 0.29) is 6.04 Å². The minimum Gasteiger partial charge on any atom is -0.383 e. The molecule has 1 aromatic rings. The average Bonchev–Trinajstić information content (AvgIpc) is 2.35. The van der Waals surface area contributed by atoms with Crippen molar-refractivity contribution in [2.24, 2.45) is 5.73 Å². The number of benzene rings is 1. The summed E-state index contributed by atoms with van der Waals surface area (Å²) >= 11 is 1.75. The molecule has 0 aliphatic heterocycles. The van der Waals surface area contributed by atoms with Gasteiger partial charge in [0.05, 0.1) is 6.61 Å². The van der Waals surface area contributed by atoms with Crippen LogP contribution in [-0.4, -0.2) is 33.1 Å². The smallest absolute Gasteiger partial charge is 0.0587 e. The molecule has 0 aliphatic rings. The van der Waals surface area contributed by atoms with E-state index < -0.39 is 0 Å². The predicted octanol–water partition coefficient (Wildman–Crippen LogP) is 1.64. The monoisotopic (exact) mass is 240 g/mol. The van der Waals surface area contributed by atoms with Gasteiger partial charge in [0, 0.05) is 31.1 Å². The van der Waals surface area contributed by atoms with Crippen molar-refractivity contribution < 1.29 is 4.74 Å². The molecule has 0 radical (unpaired) electrons. The maximum Gasteiger partial charge on any atom is 0.0587 e. The highest BCUT2D eigenvalue weighted by Gasteiger charge is 2.07. The van der Waals surface area contributed by atoms with Gasteiger partial charge in [-0.2, -0.15) is 0 Å². The van der Waals surface area contributed by atoms with Crippen molar-refractivity contribution >= 4 is 11.8 Å². The Kier molecular flexibility index (Phi) is 6.49. The molecule has 0 amide bonds. The maximum atomic E-state index is 5.75. The minimum absolute atomic E-state index is 0.214. The summed E-state index contributed by atoms with van der Waals surface area (Å²) < 4.78 is 5.00. The van der Waals surface area contributed by atoms with Crippen LogP contribution in [0.3, 0.4) is 0 Å². The highest BCUT2D eigenvalue weighted by Crippen LogP contribution is 2.18. The number of ether oxygens (including phenoxy) is 1. The Labute approximate surface area is 102 Å². The van der Waals surface area contributed by atoms with Gasteiger partial charge in [-0.1, -0.05) is 12.1 Å². The SMILES string of the molecule is COCCNC(CN)c1ccc(SC)cc1. The van der Waals surface area contributed by atoms with Crippen LogP contribution in [0.4, 0.5) is 0 Å². The second-order valence-corrected chi connectivity index (χ2v) is 4.39. The third-order valence-corrected chi connectivity index (χ3v) is 3.19. The van der Waals surface area contributed by atoms with Crippen molar-refractivity contribution in [3.8, 4) is 0 Å². The quantitative estimate of drug-likeness (QED) is 0.562.